The van der Waals surface area contributed by atoms with Crippen molar-refractivity contribution in [3.05, 3.63) is 17.5 Å². The number of aliphatic hydroxyl groups excluding tert-OH is 1. The normalized spacial score (nSPS) is 31.1. The van der Waals surface area contributed by atoms with Gasteiger partial charge in [-0.2, -0.15) is 0 Å². The lowest BCUT2D eigenvalue weighted by molar-refractivity contribution is -0.0824. The van der Waals surface area contributed by atoms with Crippen LogP contribution in [0.25, 0.3) is 0 Å². The number of rotatable bonds is 3. The number of aliphatic hydroxyl groups is 1. The predicted molar refractivity (Wildman–Crippen MR) is 106 cm³/mol. The number of fused-ring (bicyclic) bond motifs is 1. The molecule has 0 bridgehead atoms. The zero-order valence-corrected chi connectivity index (χ0v) is 17.1. The third-order valence-corrected chi connectivity index (χ3v) is 6.81. The largest absolute Gasteiger partial charge is 0.393 e. The van der Waals surface area contributed by atoms with Crippen LogP contribution in [0.3, 0.4) is 0 Å². The first-order chi connectivity index (χ1) is 13.4. The average molecular weight is 390 g/mol. The number of aromatic nitrogens is 2. The Labute approximate surface area is 166 Å². The van der Waals surface area contributed by atoms with Crippen molar-refractivity contribution in [3.8, 4) is 0 Å². The first kappa shape index (κ1) is 19.5. The molecule has 3 atom stereocenters. The number of piperazine rings is 1. The number of aryl methyl sites for hydroxylation is 1. The topological polar surface area (TPSA) is 82.0 Å². The van der Waals surface area contributed by atoms with Gasteiger partial charge in [-0.05, 0) is 39.7 Å². The predicted octanol–water partition coefficient (Wildman–Crippen LogP) is 0.681. The van der Waals surface area contributed by atoms with Gasteiger partial charge in [0.1, 0.15) is 0 Å². The zero-order chi connectivity index (χ0) is 19.9. The molecule has 1 amide bonds. The number of hydrogen-bond acceptors (Lipinski definition) is 7. The molecule has 0 aromatic carbocycles. The Morgan fingerprint density at radius 2 is 2.00 bits per heavy atom. The van der Waals surface area contributed by atoms with Gasteiger partial charge in [0.2, 0.25) is 5.95 Å². The van der Waals surface area contributed by atoms with E-state index in [-0.39, 0.29) is 23.7 Å². The van der Waals surface area contributed by atoms with Crippen LogP contribution >= 0.6 is 0 Å². The number of ether oxygens (including phenoxy) is 1. The van der Waals surface area contributed by atoms with Crippen molar-refractivity contribution >= 4 is 11.9 Å². The van der Waals surface area contributed by atoms with Gasteiger partial charge >= 0.3 is 0 Å². The van der Waals surface area contributed by atoms with E-state index in [4.69, 9.17) is 4.74 Å². The molecule has 4 rings (SSSR count). The van der Waals surface area contributed by atoms with E-state index in [2.05, 4.69) is 26.8 Å². The summed E-state index contributed by atoms with van der Waals surface area (Å²) in [6.45, 7) is 6.28. The van der Waals surface area contributed by atoms with Gasteiger partial charge in [0.15, 0.2) is 0 Å². The van der Waals surface area contributed by atoms with Crippen LogP contribution < -0.4 is 4.90 Å². The van der Waals surface area contributed by atoms with Crippen LogP contribution in [-0.2, 0) is 4.74 Å². The molecule has 3 heterocycles. The molecular formula is C20H31N5O3. The Morgan fingerprint density at radius 3 is 2.68 bits per heavy atom. The van der Waals surface area contributed by atoms with Crippen LogP contribution in [0, 0.1) is 6.92 Å². The molecule has 3 fully saturated rings. The Kier molecular flexibility index (Phi) is 5.28. The molecule has 1 aromatic rings. The number of nitrogens with zero attached hydrogens (tertiary/aromatic N) is 5. The van der Waals surface area contributed by atoms with Crippen molar-refractivity contribution < 1.29 is 14.6 Å². The van der Waals surface area contributed by atoms with E-state index in [1.165, 1.54) is 0 Å². The molecule has 154 valence electrons. The second-order valence-electron chi connectivity index (χ2n) is 8.42. The molecule has 28 heavy (non-hydrogen) atoms. The van der Waals surface area contributed by atoms with Gasteiger partial charge in [-0.15, -0.1) is 0 Å². The fraction of sp³-hybridized carbons (Fsp3) is 0.750. The Morgan fingerprint density at radius 1 is 1.25 bits per heavy atom. The molecule has 0 radical (unpaired) electrons. The van der Waals surface area contributed by atoms with Gasteiger partial charge in [0.25, 0.3) is 5.91 Å². The van der Waals surface area contributed by atoms with Crippen LogP contribution in [0.2, 0.25) is 0 Å². The highest BCUT2D eigenvalue weighted by Crippen LogP contribution is 2.43. The van der Waals surface area contributed by atoms with Gasteiger partial charge in [-0.3, -0.25) is 4.79 Å². The van der Waals surface area contributed by atoms with E-state index in [1.54, 1.807) is 13.3 Å². The summed E-state index contributed by atoms with van der Waals surface area (Å²) in [6.07, 6.45) is 4.19. The van der Waals surface area contributed by atoms with Crippen molar-refractivity contribution in [3.63, 3.8) is 0 Å². The number of anilines is 1. The summed E-state index contributed by atoms with van der Waals surface area (Å²) in [5.41, 5.74) is 0.925. The molecule has 1 aliphatic carbocycles. The minimum Gasteiger partial charge on any atom is -0.393 e. The smallest absolute Gasteiger partial charge is 0.257 e. The van der Waals surface area contributed by atoms with E-state index < -0.39 is 0 Å². The second-order valence-corrected chi connectivity index (χ2v) is 8.42. The highest BCUT2D eigenvalue weighted by Gasteiger charge is 2.52. The summed E-state index contributed by atoms with van der Waals surface area (Å²) in [5, 5.41) is 10.2. The fourth-order valence-electron chi connectivity index (χ4n) is 4.90. The molecule has 1 saturated carbocycles. The van der Waals surface area contributed by atoms with Crippen molar-refractivity contribution in [2.24, 2.45) is 0 Å². The molecule has 2 saturated heterocycles. The minimum absolute atomic E-state index is 0.0551. The zero-order valence-electron chi connectivity index (χ0n) is 17.1. The molecular weight excluding hydrogens is 358 g/mol. The number of amides is 1. The minimum atomic E-state index is -0.376. The highest BCUT2D eigenvalue weighted by atomic mass is 16.5. The quantitative estimate of drug-likeness (QED) is 0.814. The number of hydrogen-bond donors (Lipinski definition) is 1. The Bertz CT molecular complexity index is 737. The summed E-state index contributed by atoms with van der Waals surface area (Å²) in [6, 6.07) is -0.0922. The van der Waals surface area contributed by atoms with Gasteiger partial charge < -0.3 is 24.5 Å². The van der Waals surface area contributed by atoms with Gasteiger partial charge in [-0.1, -0.05) is 0 Å². The number of likely N-dealkylation sites (N-methyl/N-ethyl adjacent to an activating group) is 1. The van der Waals surface area contributed by atoms with Crippen molar-refractivity contribution in [1.29, 1.82) is 0 Å². The average Bonchev–Trinajstić information content (AvgIpc) is 3.07. The number of methoxy groups -OCH3 is 1. The summed E-state index contributed by atoms with van der Waals surface area (Å²) in [7, 11) is 3.83. The summed E-state index contributed by atoms with van der Waals surface area (Å²) in [5.74, 6) is 0.642. The molecule has 1 N–H and O–H groups in total. The third kappa shape index (κ3) is 3.38. The lowest BCUT2D eigenvalue weighted by Gasteiger charge is -2.42. The van der Waals surface area contributed by atoms with Crippen LogP contribution in [0.5, 0.6) is 0 Å². The van der Waals surface area contributed by atoms with Gasteiger partial charge in [0, 0.05) is 46.0 Å². The van der Waals surface area contributed by atoms with Crippen LogP contribution in [0.1, 0.15) is 41.7 Å². The first-order valence-corrected chi connectivity index (χ1v) is 10.2. The summed E-state index contributed by atoms with van der Waals surface area (Å²) >= 11 is 0. The van der Waals surface area contributed by atoms with Crippen LogP contribution in [-0.4, -0.2) is 95.4 Å². The maximum absolute atomic E-state index is 13.3. The van der Waals surface area contributed by atoms with Crippen LogP contribution in [0.4, 0.5) is 5.95 Å². The fourth-order valence-corrected chi connectivity index (χ4v) is 4.90. The third-order valence-electron chi connectivity index (χ3n) is 6.81. The molecule has 0 unspecified atom stereocenters. The molecule has 2 aliphatic heterocycles. The van der Waals surface area contributed by atoms with Crippen molar-refractivity contribution in [2.75, 3.05) is 51.8 Å². The van der Waals surface area contributed by atoms with E-state index in [1.807, 2.05) is 11.8 Å². The molecule has 3 aliphatic rings. The van der Waals surface area contributed by atoms with Crippen molar-refractivity contribution in [1.82, 2.24) is 19.8 Å². The maximum Gasteiger partial charge on any atom is 0.257 e. The lowest BCUT2D eigenvalue weighted by Crippen LogP contribution is -2.52. The van der Waals surface area contributed by atoms with Gasteiger partial charge in [0.05, 0.1) is 29.0 Å². The number of likely N-dealkylation sites (tertiary alicyclic amines) is 1. The summed E-state index contributed by atoms with van der Waals surface area (Å²) in [4.78, 5) is 28.8. The second kappa shape index (κ2) is 7.57. The maximum atomic E-state index is 13.3. The Hall–Kier alpha value is -1.77. The van der Waals surface area contributed by atoms with Crippen LogP contribution in [0.15, 0.2) is 6.20 Å². The summed E-state index contributed by atoms with van der Waals surface area (Å²) < 4.78 is 5.86. The highest BCUT2D eigenvalue weighted by molar-refractivity contribution is 5.95. The molecule has 1 aromatic heterocycles. The number of carbonyl (C=O) groups excluding carboxylic acids is 1. The number of carbonyl (C=O) groups is 1. The van der Waals surface area contributed by atoms with E-state index >= 15 is 0 Å². The standard InChI is InChI=1S/C20H31N5O3/c1-14-16(13-21-19(22-14)24-10-8-23(2)9-11-24)18(27)25-7-6-20(28-3)5-4-15(26)12-17(20)25/h13,15,17,26H,4-12H2,1-3H3/t15-,17-,20+/m0/s1. The van der Waals surface area contributed by atoms with Gasteiger partial charge in [-0.25, -0.2) is 9.97 Å². The molecule has 8 nitrogen and oxygen atoms in total. The molecule has 0 spiro atoms. The van der Waals surface area contributed by atoms with E-state index in [0.717, 1.165) is 45.4 Å². The lowest BCUT2D eigenvalue weighted by atomic mass is 9.79. The monoisotopic (exact) mass is 389 g/mol. The van der Waals surface area contributed by atoms with E-state index in [9.17, 15) is 9.90 Å². The molecule has 8 heteroatoms. The SMILES string of the molecule is CO[C@@]12CC[C@H](O)C[C@@H]1N(C(=O)c1cnc(N3CCN(C)CC3)nc1C)CC2. The van der Waals surface area contributed by atoms with Crippen molar-refractivity contribution in [2.45, 2.75) is 50.4 Å². The Balaban J connectivity index is 1.53. The van der Waals surface area contributed by atoms with E-state index in [0.29, 0.717) is 30.2 Å². The first-order valence-electron chi connectivity index (χ1n) is 10.2.